The zero-order chi connectivity index (χ0) is 19.6. The van der Waals surface area contributed by atoms with Gasteiger partial charge >= 0.3 is 12.1 Å². The smallest absolute Gasteiger partial charge is 0.416 e. The Bertz CT molecular complexity index is 730. The molecule has 1 fully saturated rings. The van der Waals surface area contributed by atoms with Crippen molar-refractivity contribution in [1.29, 1.82) is 0 Å². The number of amides is 1. The van der Waals surface area contributed by atoms with Gasteiger partial charge in [-0.15, -0.1) is 0 Å². The van der Waals surface area contributed by atoms with Gasteiger partial charge in [0.15, 0.2) is 0 Å². The summed E-state index contributed by atoms with van der Waals surface area (Å²) < 4.78 is 45.5. The molecule has 3 rings (SSSR count). The monoisotopic (exact) mass is 384 g/mol. The lowest BCUT2D eigenvalue weighted by molar-refractivity contribution is -0.143. The van der Waals surface area contributed by atoms with Gasteiger partial charge < -0.3 is 15.4 Å². The summed E-state index contributed by atoms with van der Waals surface area (Å²) in [7, 11) is 0. The van der Waals surface area contributed by atoms with Gasteiger partial charge in [-0.05, 0) is 55.5 Å². The van der Waals surface area contributed by atoms with Gasteiger partial charge in [-0.3, -0.25) is 9.59 Å². The van der Waals surface area contributed by atoms with Crippen LogP contribution in [0, 0.1) is 5.92 Å². The average Bonchev–Trinajstić information content (AvgIpc) is 2.92. The fourth-order valence-electron chi connectivity index (χ4n) is 3.51. The number of nitrogens with one attached hydrogen (secondary N) is 2. The van der Waals surface area contributed by atoms with Gasteiger partial charge in [0.25, 0.3) is 5.91 Å². The minimum absolute atomic E-state index is 0.0270. The van der Waals surface area contributed by atoms with Crippen molar-refractivity contribution in [3.8, 4) is 0 Å². The Labute approximate surface area is 155 Å². The molecule has 1 aromatic rings. The number of rotatable bonds is 7. The second kappa shape index (κ2) is 7.88. The van der Waals surface area contributed by atoms with Crippen LogP contribution >= 0.6 is 0 Å². The molecule has 27 heavy (non-hydrogen) atoms. The van der Waals surface area contributed by atoms with E-state index in [2.05, 4.69) is 10.6 Å². The maximum absolute atomic E-state index is 13.5. The molecular formula is C19H23F3N2O3. The Kier molecular flexibility index (Phi) is 5.74. The summed E-state index contributed by atoms with van der Waals surface area (Å²) in [5.74, 6) is -0.539. The molecule has 1 atom stereocenters. The molecule has 0 aromatic heterocycles. The van der Waals surface area contributed by atoms with Gasteiger partial charge in [-0.2, -0.15) is 13.2 Å². The third-order valence-corrected chi connectivity index (χ3v) is 5.20. The highest BCUT2D eigenvalue weighted by Gasteiger charge is 2.38. The number of hydrogen-bond acceptors (Lipinski definition) is 4. The number of ether oxygens (including phenoxy) is 1. The summed E-state index contributed by atoms with van der Waals surface area (Å²) in [6, 6.07) is 1.88. The number of fused-ring (bicyclic) bond motifs is 1. The Balaban J connectivity index is 1.93. The van der Waals surface area contributed by atoms with E-state index in [0.717, 1.165) is 25.3 Å². The molecule has 1 aromatic carbocycles. The molecule has 1 unspecified atom stereocenters. The van der Waals surface area contributed by atoms with Crippen LogP contribution in [0.5, 0.6) is 0 Å². The van der Waals surface area contributed by atoms with Crippen molar-refractivity contribution in [3.63, 3.8) is 0 Å². The fourth-order valence-corrected chi connectivity index (χ4v) is 3.51. The van der Waals surface area contributed by atoms with E-state index >= 15 is 0 Å². The maximum Gasteiger partial charge on any atom is 0.416 e. The van der Waals surface area contributed by atoms with Crippen molar-refractivity contribution in [1.82, 2.24) is 10.6 Å². The minimum Gasteiger partial charge on any atom is -0.466 e. The number of alkyl halides is 3. The van der Waals surface area contributed by atoms with E-state index in [1.54, 1.807) is 6.92 Å². The second-order valence-corrected chi connectivity index (χ2v) is 7.04. The Morgan fingerprint density at radius 2 is 2.11 bits per heavy atom. The SMILES string of the molecule is CCOC(=O)CC(NCC1CCC1)c1cc2c(c(C(F)(F)F)c1)CNC2=O. The van der Waals surface area contributed by atoms with Crippen LogP contribution in [0.15, 0.2) is 12.1 Å². The Morgan fingerprint density at radius 3 is 2.70 bits per heavy atom. The predicted octanol–water partition coefficient (Wildman–Crippen LogP) is 3.33. The Hall–Kier alpha value is -2.09. The molecule has 148 valence electrons. The van der Waals surface area contributed by atoms with Crippen molar-refractivity contribution < 1.29 is 27.5 Å². The third-order valence-electron chi connectivity index (χ3n) is 5.20. The molecule has 1 heterocycles. The third kappa shape index (κ3) is 4.43. The van der Waals surface area contributed by atoms with Crippen LogP contribution in [-0.4, -0.2) is 25.0 Å². The largest absolute Gasteiger partial charge is 0.466 e. The van der Waals surface area contributed by atoms with E-state index in [1.165, 1.54) is 6.07 Å². The number of carbonyl (C=O) groups excluding carboxylic acids is 2. The molecule has 1 aliphatic heterocycles. The van der Waals surface area contributed by atoms with Crippen LogP contribution in [0.3, 0.4) is 0 Å². The topological polar surface area (TPSA) is 67.4 Å². The summed E-state index contributed by atoms with van der Waals surface area (Å²) in [6.45, 7) is 2.36. The van der Waals surface area contributed by atoms with Gasteiger partial charge in [0, 0.05) is 18.2 Å². The van der Waals surface area contributed by atoms with Crippen LogP contribution in [0.1, 0.15) is 65.7 Å². The molecule has 5 nitrogen and oxygen atoms in total. The van der Waals surface area contributed by atoms with Crippen molar-refractivity contribution in [2.24, 2.45) is 5.92 Å². The summed E-state index contributed by atoms with van der Waals surface area (Å²) in [6.07, 6.45) is -1.38. The number of carbonyl (C=O) groups is 2. The number of esters is 1. The Morgan fingerprint density at radius 1 is 1.37 bits per heavy atom. The normalized spacial score (nSPS) is 17.9. The van der Waals surface area contributed by atoms with Gasteiger partial charge in [-0.25, -0.2) is 0 Å². The van der Waals surface area contributed by atoms with Crippen LogP contribution in [0.2, 0.25) is 0 Å². The van der Waals surface area contributed by atoms with E-state index in [9.17, 15) is 22.8 Å². The summed E-state index contributed by atoms with van der Waals surface area (Å²) in [5, 5.41) is 5.65. The van der Waals surface area contributed by atoms with E-state index in [1.807, 2.05) is 0 Å². The first-order valence-corrected chi connectivity index (χ1v) is 9.20. The lowest BCUT2D eigenvalue weighted by Gasteiger charge is -2.29. The number of hydrogen-bond donors (Lipinski definition) is 2. The molecule has 2 N–H and O–H groups in total. The number of halogens is 3. The maximum atomic E-state index is 13.5. The fraction of sp³-hybridized carbons (Fsp3) is 0.579. The minimum atomic E-state index is -4.57. The standard InChI is InChI=1S/C19H23F3N2O3/c1-2-27-17(25)8-16(23-9-11-4-3-5-11)12-6-13-14(10-24-18(13)26)15(7-12)19(20,21)22/h6-7,11,16,23H,2-5,8-10H2,1H3,(H,24,26). The highest BCUT2D eigenvalue weighted by molar-refractivity contribution is 5.99. The average molecular weight is 384 g/mol. The summed E-state index contributed by atoms with van der Waals surface area (Å²) >= 11 is 0. The van der Waals surface area contributed by atoms with Gasteiger partial charge in [0.2, 0.25) is 0 Å². The van der Waals surface area contributed by atoms with Crippen LogP contribution < -0.4 is 10.6 Å². The lowest BCUT2D eigenvalue weighted by Crippen LogP contribution is -2.32. The van der Waals surface area contributed by atoms with Crippen molar-refractivity contribution in [2.45, 2.75) is 51.4 Å². The van der Waals surface area contributed by atoms with Gasteiger partial charge in [0.05, 0.1) is 18.6 Å². The first-order chi connectivity index (χ1) is 12.8. The molecule has 1 saturated carbocycles. The van der Waals surface area contributed by atoms with Gasteiger partial charge in [-0.1, -0.05) is 6.42 Å². The second-order valence-electron chi connectivity index (χ2n) is 7.04. The van der Waals surface area contributed by atoms with Gasteiger partial charge in [0.1, 0.15) is 0 Å². The van der Waals surface area contributed by atoms with Crippen LogP contribution in [0.25, 0.3) is 0 Å². The molecule has 1 aliphatic carbocycles. The zero-order valence-corrected chi connectivity index (χ0v) is 15.1. The molecule has 1 amide bonds. The van der Waals surface area contributed by atoms with Crippen molar-refractivity contribution in [2.75, 3.05) is 13.2 Å². The van der Waals surface area contributed by atoms with E-state index in [-0.39, 0.29) is 36.3 Å². The molecule has 8 heteroatoms. The lowest BCUT2D eigenvalue weighted by atomic mass is 9.85. The molecular weight excluding hydrogens is 361 g/mol. The van der Waals surface area contributed by atoms with Crippen molar-refractivity contribution in [3.05, 3.63) is 34.4 Å². The highest BCUT2D eigenvalue weighted by atomic mass is 19.4. The van der Waals surface area contributed by atoms with Crippen molar-refractivity contribution >= 4 is 11.9 Å². The molecule has 0 bridgehead atoms. The molecule has 0 radical (unpaired) electrons. The number of benzene rings is 1. The first-order valence-electron chi connectivity index (χ1n) is 9.20. The molecule has 0 saturated heterocycles. The molecule has 0 spiro atoms. The summed E-state index contributed by atoms with van der Waals surface area (Å²) in [4.78, 5) is 23.9. The van der Waals surface area contributed by atoms with Crippen LogP contribution in [-0.2, 0) is 22.3 Å². The van der Waals surface area contributed by atoms with E-state index in [4.69, 9.17) is 4.74 Å². The van der Waals surface area contributed by atoms with E-state index in [0.29, 0.717) is 12.5 Å². The molecule has 2 aliphatic rings. The zero-order valence-electron chi connectivity index (χ0n) is 15.1. The predicted molar refractivity (Wildman–Crippen MR) is 91.9 cm³/mol. The van der Waals surface area contributed by atoms with E-state index < -0.39 is 29.7 Å². The summed E-state index contributed by atoms with van der Waals surface area (Å²) in [5.41, 5.74) is -0.553. The quantitative estimate of drug-likeness (QED) is 0.708. The van der Waals surface area contributed by atoms with Crippen LogP contribution in [0.4, 0.5) is 13.2 Å². The first kappa shape index (κ1) is 19.7. The highest BCUT2D eigenvalue weighted by Crippen LogP contribution is 2.38.